The van der Waals surface area contributed by atoms with Crippen LogP contribution in [0.2, 0.25) is 0 Å². The summed E-state index contributed by atoms with van der Waals surface area (Å²) in [5.74, 6) is -0.921. The van der Waals surface area contributed by atoms with Crippen molar-refractivity contribution in [3.63, 3.8) is 0 Å². The molecule has 9 nitrogen and oxygen atoms in total. The third-order valence-electron chi connectivity index (χ3n) is 5.81. The van der Waals surface area contributed by atoms with Gasteiger partial charge in [-0.05, 0) is 24.3 Å². The lowest BCUT2D eigenvalue weighted by molar-refractivity contribution is -0.384. The number of nitrogens with zero attached hydrogens (tertiary/aromatic N) is 2. The van der Waals surface area contributed by atoms with Gasteiger partial charge < -0.3 is 19.4 Å². The number of para-hydroxylation sites is 1. The number of rotatable bonds is 5. The van der Waals surface area contributed by atoms with E-state index in [0.29, 0.717) is 17.0 Å². The monoisotopic (exact) mass is 445 g/mol. The maximum absolute atomic E-state index is 12.9. The van der Waals surface area contributed by atoms with E-state index >= 15 is 0 Å². The molecule has 9 heteroatoms. The first-order valence-electron chi connectivity index (χ1n) is 10.3. The van der Waals surface area contributed by atoms with Crippen LogP contribution in [0.3, 0.4) is 0 Å². The van der Waals surface area contributed by atoms with Gasteiger partial charge in [0.15, 0.2) is 0 Å². The molecule has 1 aliphatic rings. The predicted octanol–water partition coefficient (Wildman–Crippen LogP) is 4.49. The standard InChI is InChI=1S/C24H19N3O6/c1-32-22-12-16(27(30)31)7-9-19(22)26-13-14(10-23(26)28)24(29)25-15-6-8-18-17-4-2-3-5-20(17)33-21(18)11-15/h2-9,11-12,14H,10,13H2,1H3,(H,25,29)/t14-/m1/s1. The largest absolute Gasteiger partial charge is 0.494 e. The highest BCUT2D eigenvalue weighted by Gasteiger charge is 2.36. The average Bonchev–Trinajstić information content (AvgIpc) is 3.38. The molecule has 0 aliphatic carbocycles. The summed E-state index contributed by atoms with van der Waals surface area (Å²) in [5, 5.41) is 15.8. The fraction of sp³-hybridized carbons (Fsp3) is 0.167. The average molecular weight is 445 g/mol. The molecule has 5 rings (SSSR count). The number of nitro groups is 1. The Hall–Kier alpha value is -4.40. The third-order valence-corrected chi connectivity index (χ3v) is 5.81. The first-order valence-corrected chi connectivity index (χ1v) is 10.3. The maximum atomic E-state index is 12.9. The number of benzene rings is 3. The van der Waals surface area contributed by atoms with Crippen LogP contribution in [0.5, 0.6) is 5.75 Å². The lowest BCUT2D eigenvalue weighted by Gasteiger charge is -2.19. The van der Waals surface area contributed by atoms with E-state index in [1.54, 1.807) is 12.1 Å². The van der Waals surface area contributed by atoms with E-state index in [1.807, 2.05) is 30.3 Å². The molecule has 1 saturated heterocycles. The van der Waals surface area contributed by atoms with Crippen LogP contribution in [0, 0.1) is 16.0 Å². The second kappa shape index (κ2) is 7.94. The number of methoxy groups -OCH3 is 1. The maximum Gasteiger partial charge on any atom is 0.273 e. The highest BCUT2D eigenvalue weighted by Crippen LogP contribution is 2.36. The van der Waals surface area contributed by atoms with Gasteiger partial charge >= 0.3 is 0 Å². The Morgan fingerprint density at radius 3 is 2.70 bits per heavy atom. The summed E-state index contributed by atoms with van der Waals surface area (Å²) in [6.45, 7) is 0.145. The van der Waals surface area contributed by atoms with Crippen molar-refractivity contribution in [3.8, 4) is 5.75 Å². The number of hydrogen-bond donors (Lipinski definition) is 1. The van der Waals surface area contributed by atoms with E-state index in [-0.39, 0.29) is 36.2 Å². The normalized spacial score (nSPS) is 15.8. The fourth-order valence-corrected chi connectivity index (χ4v) is 4.17. The van der Waals surface area contributed by atoms with Crippen molar-refractivity contribution in [2.24, 2.45) is 5.92 Å². The Kier molecular flexibility index (Phi) is 4.93. The Labute approximate surface area is 187 Å². The molecule has 0 saturated carbocycles. The minimum atomic E-state index is -0.580. The summed E-state index contributed by atoms with van der Waals surface area (Å²) >= 11 is 0. The van der Waals surface area contributed by atoms with Crippen LogP contribution in [0.4, 0.5) is 17.1 Å². The second-order valence-corrected chi connectivity index (χ2v) is 7.82. The molecule has 0 unspecified atom stereocenters. The van der Waals surface area contributed by atoms with E-state index in [1.165, 1.54) is 30.2 Å². The molecule has 4 aromatic rings. The molecular weight excluding hydrogens is 426 g/mol. The van der Waals surface area contributed by atoms with Crippen molar-refractivity contribution in [1.29, 1.82) is 0 Å². The molecule has 0 radical (unpaired) electrons. The van der Waals surface area contributed by atoms with E-state index in [9.17, 15) is 19.7 Å². The van der Waals surface area contributed by atoms with Gasteiger partial charge in [0.05, 0.1) is 29.7 Å². The van der Waals surface area contributed by atoms with Gasteiger partial charge in [0.25, 0.3) is 5.69 Å². The number of carbonyl (C=O) groups excluding carboxylic acids is 2. The Morgan fingerprint density at radius 1 is 1.12 bits per heavy atom. The van der Waals surface area contributed by atoms with Crippen LogP contribution in [-0.2, 0) is 9.59 Å². The van der Waals surface area contributed by atoms with Crippen molar-refractivity contribution in [3.05, 3.63) is 70.8 Å². The summed E-state index contributed by atoms with van der Waals surface area (Å²) in [4.78, 5) is 37.5. The number of hydrogen-bond acceptors (Lipinski definition) is 6. The number of fused-ring (bicyclic) bond motifs is 3. The smallest absolute Gasteiger partial charge is 0.273 e. The van der Waals surface area contributed by atoms with Gasteiger partial charge in [-0.15, -0.1) is 0 Å². The molecule has 1 fully saturated rings. The molecule has 0 bridgehead atoms. The molecule has 166 valence electrons. The second-order valence-electron chi connectivity index (χ2n) is 7.82. The number of nitro benzene ring substituents is 1. The van der Waals surface area contributed by atoms with Crippen LogP contribution < -0.4 is 15.0 Å². The minimum absolute atomic E-state index is 0.0266. The van der Waals surface area contributed by atoms with Gasteiger partial charge in [0.2, 0.25) is 11.8 Å². The van der Waals surface area contributed by atoms with Crippen LogP contribution in [0.1, 0.15) is 6.42 Å². The Bertz CT molecular complexity index is 1430. The molecule has 2 amide bonds. The molecule has 3 aromatic carbocycles. The molecule has 1 atom stereocenters. The molecular formula is C24H19N3O6. The molecule has 1 aliphatic heterocycles. The van der Waals surface area contributed by atoms with E-state index < -0.39 is 10.8 Å². The zero-order chi connectivity index (χ0) is 23.1. The van der Waals surface area contributed by atoms with Crippen molar-refractivity contribution < 1.29 is 23.7 Å². The Morgan fingerprint density at radius 2 is 1.91 bits per heavy atom. The predicted molar refractivity (Wildman–Crippen MR) is 122 cm³/mol. The summed E-state index contributed by atoms with van der Waals surface area (Å²) in [6, 6.07) is 17.2. The van der Waals surface area contributed by atoms with Crippen LogP contribution in [0.25, 0.3) is 21.9 Å². The molecule has 2 heterocycles. The van der Waals surface area contributed by atoms with Crippen LogP contribution in [-0.4, -0.2) is 30.4 Å². The molecule has 0 spiro atoms. The number of amides is 2. The number of ether oxygens (including phenoxy) is 1. The lowest BCUT2D eigenvalue weighted by Crippen LogP contribution is -2.28. The number of carbonyl (C=O) groups is 2. The van der Waals surface area contributed by atoms with Gasteiger partial charge in [-0.1, -0.05) is 18.2 Å². The van der Waals surface area contributed by atoms with Crippen molar-refractivity contribution in [2.75, 3.05) is 23.9 Å². The fourth-order valence-electron chi connectivity index (χ4n) is 4.17. The van der Waals surface area contributed by atoms with E-state index in [4.69, 9.17) is 9.15 Å². The summed E-state index contributed by atoms with van der Waals surface area (Å²) in [7, 11) is 1.38. The van der Waals surface area contributed by atoms with E-state index in [0.717, 1.165) is 16.4 Å². The van der Waals surface area contributed by atoms with Gasteiger partial charge in [0, 0.05) is 41.6 Å². The SMILES string of the molecule is COc1cc([N+](=O)[O-])ccc1N1C[C@H](C(=O)Nc2ccc3c(c2)oc2ccccc23)CC1=O. The van der Waals surface area contributed by atoms with Crippen LogP contribution in [0.15, 0.2) is 65.1 Å². The third kappa shape index (κ3) is 3.63. The summed E-state index contributed by atoms with van der Waals surface area (Å²) in [5.41, 5.74) is 2.26. The first kappa shape index (κ1) is 20.5. The Balaban J connectivity index is 1.35. The van der Waals surface area contributed by atoms with Crippen molar-refractivity contribution in [2.45, 2.75) is 6.42 Å². The van der Waals surface area contributed by atoms with Gasteiger partial charge in [0.1, 0.15) is 16.9 Å². The van der Waals surface area contributed by atoms with Gasteiger partial charge in [-0.25, -0.2) is 0 Å². The summed E-state index contributed by atoms with van der Waals surface area (Å²) in [6.07, 6.45) is 0.0266. The quantitative estimate of drug-likeness (QED) is 0.357. The molecule has 1 N–H and O–H groups in total. The van der Waals surface area contributed by atoms with E-state index in [2.05, 4.69) is 5.32 Å². The molecule has 33 heavy (non-hydrogen) atoms. The first-order chi connectivity index (χ1) is 15.9. The number of furan rings is 1. The van der Waals surface area contributed by atoms with Crippen molar-refractivity contribution in [1.82, 2.24) is 0 Å². The lowest BCUT2D eigenvalue weighted by atomic mass is 10.1. The number of nitrogens with one attached hydrogen (secondary N) is 1. The zero-order valence-corrected chi connectivity index (χ0v) is 17.6. The zero-order valence-electron chi connectivity index (χ0n) is 17.6. The topological polar surface area (TPSA) is 115 Å². The summed E-state index contributed by atoms with van der Waals surface area (Å²) < 4.78 is 11.1. The van der Waals surface area contributed by atoms with Crippen molar-refractivity contribution >= 4 is 50.8 Å². The number of non-ortho nitro benzene ring substituents is 1. The number of anilines is 2. The highest BCUT2D eigenvalue weighted by molar-refractivity contribution is 6.07. The van der Waals surface area contributed by atoms with Gasteiger partial charge in [-0.3, -0.25) is 19.7 Å². The highest BCUT2D eigenvalue weighted by atomic mass is 16.6. The van der Waals surface area contributed by atoms with Crippen LogP contribution >= 0.6 is 0 Å². The minimum Gasteiger partial charge on any atom is -0.494 e. The van der Waals surface area contributed by atoms with Gasteiger partial charge in [-0.2, -0.15) is 0 Å². The molecule has 1 aromatic heterocycles.